The summed E-state index contributed by atoms with van der Waals surface area (Å²) >= 11 is 0. The maximum atomic E-state index is 11.6. The van der Waals surface area contributed by atoms with Gasteiger partial charge in [0.1, 0.15) is 13.2 Å². The van der Waals surface area contributed by atoms with E-state index in [4.69, 9.17) is 42.6 Å². The third-order valence-electron chi connectivity index (χ3n) is 5.69. The number of carbonyl (C=O) groups is 2. The van der Waals surface area contributed by atoms with Crippen LogP contribution in [0.25, 0.3) is 0 Å². The zero-order chi connectivity index (χ0) is 30.9. The summed E-state index contributed by atoms with van der Waals surface area (Å²) < 4.78 is 48.3. The molecular formula is C31H53NO11. The minimum atomic E-state index is -0.470. The normalized spacial score (nSPS) is 11.0. The molecule has 0 atom stereocenters. The first kappa shape index (κ1) is 38.7. The molecule has 0 aliphatic rings. The molecular weight excluding hydrogens is 562 g/mol. The predicted octanol–water partition coefficient (Wildman–Crippen LogP) is 3.54. The van der Waals surface area contributed by atoms with E-state index in [-0.39, 0.29) is 19.2 Å². The summed E-state index contributed by atoms with van der Waals surface area (Å²) in [4.78, 5) is 23.1. The minimum Gasteiger partial charge on any atom is -0.463 e. The first-order valence-electron chi connectivity index (χ1n) is 15.4. The molecule has 1 aromatic rings. The summed E-state index contributed by atoms with van der Waals surface area (Å²) in [7, 11) is 0. The van der Waals surface area contributed by atoms with Crippen LogP contribution in [-0.2, 0) is 54.0 Å². The Bertz CT molecular complexity index is 755. The summed E-state index contributed by atoms with van der Waals surface area (Å²) in [5.74, 6) is -0.156. The maximum Gasteiger partial charge on any atom is 0.407 e. The van der Waals surface area contributed by atoms with E-state index < -0.39 is 6.09 Å². The molecule has 1 rings (SSSR count). The van der Waals surface area contributed by atoms with Crippen molar-refractivity contribution < 1.29 is 52.2 Å². The summed E-state index contributed by atoms with van der Waals surface area (Å²) in [5.41, 5.74) is 0.937. The lowest BCUT2D eigenvalue weighted by molar-refractivity contribution is -0.145. The number of ether oxygens (including phenoxy) is 9. The standard InChI is InChI=1S/C31H53NO11/c1-2-3-4-8-11-30(33)42-27-26-41-25-24-40-23-22-39-21-20-38-19-18-37-17-16-36-15-14-35-13-12-32-31(34)43-28-29-9-6-5-7-10-29/h5-7,9-10H,2-4,8,11-28H2,1H3,(H,32,34). The zero-order valence-electron chi connectivity index (χ0n) is 25.9. The van der Waals surface area contributed by atoms with Crippen molar-refractivity contribution in [2.75, 3.05) is 106 Å². The van der Waals surface area contributed by atoms with Crippen LogP contribution in [0.15, 0.2) is 30.3 Å². The van der Waals surface area contributed by atoms with Gasteiger partial charge in [-0.05, 0) is 12.0 Å². The van der Waals surface area contributed by atoms with Crippen molar-refractivity contribution in [2.45, 2.75) is 45.6 Å². The molecule has 0 bridgehead atoms. The Morgan fingerprint density at radius 1 is 0.558 bits per heavy atom. The second-order valence-corrected chi connectivity index (χ2v) is 9.31. The van der Waals surface area contributed by atoms with E-state index in [1.54, 1.807) is 0 Å². The Morgan fingerprint density at radius 3 is 1.51 bits per heavy atom. The van der Waals surface area contributed by atoms with Crippen LogP contribution >= 0.6 is 0 Å². The molecule has 0 aromatic heterocycles. The maximum absolute atomic E-state index is 11.6. The Labute approximate surface area is 256 Å². The van der Waals surface area contributed by atoms with E-state index in [9.17, 15) is 9.59 Å². The van der Waals surface area contributed by atoms with Gasteiger partial charge in [0.05, 0.1) is 92.5 Å². The summed E-state index contributed by atoms with van der Waals surface area (Å²) in [5, 5.41) is 2.64. The first-order chi connectivity index (χ1) is 21.2. The average Bonchev–Trinajstić information content (AvgIpc) is 3.02. The van der Waals surface area contributed by atoms with Crippen LogP contribution in [0.5, 0.6) is 0 Å². The lowest BCUT2D eigenvalue weighted by Gasteiger charge is -2.09. The average molecular weight is 616 g/mol. The number of amides is 1. The Hall–Kier alpha value is -2.32. The van der Waals surface area contributed by atoms with Crippen molar-refractivity contribution in [3.8, 4) is 0 Å². The van der Waals surface area contributed by atoms with Crippen LogP contribution in [-0.4, -0.2) is 118 Å². The molecule has 1 amide bonds. The lowest BCUT2D eigenvalue weighted by atomic mass is 10.2. The van der Waals surface area contributed by atoms with Crippen molar-refractivity contribution in [3.05, 3.63) is 35.9 Å². The fraction of sp³-hybridized carbons (Fsp3) is 0.742. The Kier molecular flexibility index (Phi) is 28.0. The van der Waals surface area contributed by atoms with Gasteiger partial charge in [-0.2, -0.15) is 0 Å². The highest BCUT2D eigenvalue weighted by atomic mass is 16.6. The number of benzene rings is 1. The first-order valence-corrected chi connectivity index (χ1v) is 15.4. The SMILES string of the molecule is CCCCCCC(=O)OCCOCCOCCOCCOCCOCCOCCOCCNC(=O)OCc1ccccc1. The fourth-order valence-corrected chi connectivity index (χ4v) is 3.40. The Morgan fingerprint density at radius 2 is 1.02 bits per heavy atom. The van der Waals surface area contributed by atoms with Crippen LogP contribution in [0.4, 0.5) is 4.79 Å². The van der Waals surface area contributed by atoms with Gasteiger partial charge in [-0.1, -0.05) is 56.5 Å². The van der Waals surface area contributed by atoms with E-state index in [0.717, 1.165) is 31.2 Å². The zero-order valence-corrected chi connectivity index (χ0v) is 25.9. The van der Waals surface area contributed by atoms with Crippen molar-refractivity contribution >= 4 is 12.1 Å². The van der Waals surface area contributed by atoms with Gasteiger partial charge in [-0.25, -0.2) is 4.79 Å². The number of carbonyl (C=O) groups excluding carboxylic acids is 2. The van der Waals surface area contributed by atoms with Gasteiger partial charge in [0.15, 0.2) is 0 Å². The number of nitrogens with one attached hydrogen (secondary N) is 1. The molecule has 12 nitrogen and oxygen atoms in total. The van der Waals surface area contributed by atoms with E-state index in [1.807, 2.05) is 30.3 Å². The number of unbranched alkanes of at least 4 members (excludes halogenated alkanes) is 3. The van der Waals surface area contributed by atoms with Crippen LogP contribution in [0.2, 0.25) is 0 Å². The monoisotopic (exact) mass is 615 g/mol. The quantitative estimate of drug-likeness (QED) is 0.0973. The predicted molar refractivity (Wildman–Crippen MR) is 160 cm³/mol. The van der Waals surface area contributed by atoms with Crippen molar-refractivity contribution in [2.24, 2.45) is 0 Å². The number of hydrogen-bond donors (Lipinski definition) is 1. The third kappa shape index (κ3) is 28.2. The van der Waals surface area contributed by atoms with E-state index in [0.29, 0.717) is 105 Å². The van der Waals surface area contributed by atoms with Crippen molar-refractivity contribution in [1.29, 1.82) is 0 Å². The molecule has 0 heterocycles. The van der Waals surface area contributed by atoms with Crippen LogP contribution in [0, 0.1) is 0 Å². The third-order valence-corrected chi connectivity index (χ3v) is 5.69. The molecule has 0 saturated carbocycles. The molecule has 0 radical (unpaired) electrons. The number of alkyl carbamates (subject to hydrolysis) is 1. The van der Waals surface area contributed by atoms with E-state index in [1.165, 1.54) is 0 Å². The molecule has 0 saturated heterocycles. The molecule has 0 aliphatic heterocycles. The highest BCUT2D eigenvalue weighted by Crippen LogP contribution is 2.03. The van der Waals surface area contributed by atoms with Crippen LogP contribution in [0.3, 0.4) is 0 Å². The topological polar surface area (TPSA) is 129 Å². The number of rotatable bonds is 31. The molecule has 43 heavy (non-hydrogen) atoms. The van der Waals surface area contributed by atoms with Gasteiger partial charge < -0.3 is 47.9 Å². The molecule has 0 unspecified atom stereocenters. The second kappa shape index (κ2) is 31.1. The molecule has 12 heteroatoms. The van der Waals surface area contributed by atoms with E-state index >= 15 is 0 Å². The highest BCUT2D eigenvalue weighted by Gasteiger charge is 2.03. The van der Waals surface area contributed by atoms with Crippen molar-refractivity contribution in [1.82, 2.24) is 5.32 Å². The summed E-state index contributed by atoms with van der Waals surface area (Å²) in [6.07, 6.45) is 4.27. The van der Waals surface area contributed by atoms with Crippen LogP contribution < -0.4 is 5.32 Å². The van der Waals surface area contributed by atoms with Gasteiger partial charge in [-0.3, -0.25) is 4.79 Å². The van der Waals surface area contributed by atoms with Crippen molar-refractivity contribution in [3.63, 3.8) is 0 Å². The molecule has 0 aliphatic carbocycles. The van der Waals surface area contributed by atoms with Crippen LogP contribution in [0.1, 0.15) is 44.6 Å². The smallest absolute Gasteiger partial charge is 0.407 e. The molecule has 0 spiro atoms. The summed E-state index contributed by atoms with van der Waals surface area (Å²) in [6, 6.07) is 9.50. The molecule has 248 valence electrons. The number of esters is 1. The second-order valence-electron chi connectivity index (χ2n) is 9.31. The van der Waals surface area contributed by atoms with E-state index in [2.05, 4.69) is 12.2 Å². The minimum absolute atomic E-state index is 0.156. The van der Waals surface area contributed by atoms with Gasteiger partial charge in [0, 0.05) is 13.0 Å². The van der Waals surface area contributed by atoms with Gasteiger partial charge in [-0.15, -0.1) is 0 Å². The van der Waals surface area contributed by atoms with Gasteiger partial charge in [0.2, 0.25) is 0 Å². The molecule has 0 fully saturated rings. The summed E-state index contributed by atoms with van der Waals surface area (Å²) in [6.45, 7) is 9.39. The molecule has 1 aromatic carbocycles. The van der Waals surface area contributed by atoms with Gasteiger partial charge >= 0.3 is 12.1 Å². The van der Waals surface area contributed by atoms with Gasteiger partial charge in [0.25, 0.3) is 0 Å². The number of hydrogen-bond acceptors (Lipinski definition) is 11. The Balaban J connectivity index is 1.67. The fourth-order valence-electron chi connectivity index (χ4n) is 3.40. The highest BCUT2D eigenvalue weighted by molar-refractivity contribution is 5.69. The lowest BCUT2D eigenvalue weighted by Crippen LogP contribution is -2.28. The molecule has 1 N–H and O–H groups in total. The largest absolute Gasteiger partial charge is 0.463 e.